The van der Waals surface area contributed by atoms with Gasteiger partial charge in [0.2, 0.25) is 0 Å². The first-order valence-electron chi connectivity index (χ1n) is 9.91. The molecule has 0 fully saturated rings. The van der Waals surface area contributed by atoms with E-state index in [0.29, 0.717) is 23.9 Å². The summed E-state index contributed by atoms with van der Waals surface area (Å²) in [6.45, 7) is 2.95. The minimum atomic E-state index is -3.21. The van der Waals surface area contributed by atoms with Crippen LogP contribution in [0.4, 0.5) is 0 Å². The number of benzene rings is 3. The van der Waals surface area contributed by atoms with Gasteiger partial charge in [-0.2, -0.15) is 0 Å². The number of sulfone groups is 1. The molecule has 3 rings (SSSR count). The Bertz CT molecular complexity index is 1140. The van der Waals surface area contributed by atoms with Crippen molar-refractivity contribution in [2.75, 3.05) is 13.3 Å². The average Bonchev–Trinajstić information content (AvgIpc) is 2.75. The molecule has 0 heterocycles. The second kappa shape index (κ2) is 10.1. The molecule has 0 aliphatic heterocycles. The van der Waals surface area contributed by atoms with Crippen LogP contribution in [0.5, 0.6) is 11.5 Å². The van der Waals surface area contributed by atoms with E-state index in [1.807, 2.05) is 66.7 Å². The monoisotopic (exact) mass is 437 g/mol. The quantitative estimate of drug-likeness (QED) is 0.431. The normalized spacial score (nSPS) is 11.8. The molecule has 7 heteroatoms. The minimum Gasteiger partial charge on any atom is -0.457 e. The van der Waals surface area contributed by atoms with Crippen LogP contribution in [0.3, 0.4) is 0 Å². The summed E-state index contributed by atoms with van der Waals surface area (Å²) in [6.07, 6.45) is 1.22. The van der Waals surface area contributed by atoms with Crippen molar-refractivity contribution in [1.29, 1.82) is 0 Å². The molecular formula is C24H27N3O3S. The highest BCUT2D eigenvalue weighted by molar-refractivity contribution is 7.90. The molecule has 0 aliphatic carbocycles. The van der Waals surface area contributed by atoms with Crippen LogP contribution in [0.2, 0.25) is 0 Å². The van der Waals surface area contributed by atoms with Gasteiger partial charge in [0.15, 0.2) is 15.8 Å². The molecule has 0 spiro atoms. The van der Waals surface area contributed by atoms with Crippen molar-refractivity contribution in [1.82, 2.24) is 10.6 Å². The van der Waals surface area contributed by atoms with E-state index in [0.717, 1.165) is 28.2 Å². The van der Waals surface area contributed by atoms with Crippen molar-refractivity contribution in [3.8, 4) is 11.5 Å². The molecule has 31 heavy (non-hydrogen) atoms. The second-order valence-electron chi connectivity index (χ2n) is 7.21. The first-order chi connectivity index (χ1) is 14.8. The van der Waals surface area contributed by atoms with Crippen molar-refractivity contribution in [3.05, 3.63) is 89.5 Å². The fourth-order valence-electron chi connectivity index (χ4n) is 3.13. The predicted molar refractivity (Wildman–Crippen MR) is 124 cm³/mol. The van der Waals surface area contributed by atoms with Crippen LogP contribution in [0.1, 0.15) is 16.7 Å². The zero-order valence-corrected chi connectivity index (χ0v) is 18.7. The Morgan fingerprint density at radius 3 is 2.03 bits per heavy atom. The van der Waals surface area contributed by atoms with Crippen molar-refractivity contribution in [2.24, 2.45) is 4.99 Å². The van der Waals surface area contributed by atoms with E-state index in [1.54, 1.807) is 20.0 Å². The summed E-state index contributed by atoms with van der Waals surface area (Å²) in [5, 5.41) is 6.53. The average molecular weight is 438 g/mol. The summed E-state index contributed by atoms with van der Waals surface area (Å²) in [5.74, 6) is 2.25. The summed E-state index contributed by atoms with van der Waals surface area (Å²) in [7, 11) is -1.50. The van der Waals surface area contributed by atoms with Gasteiger partial charge in [-0.25, -0.2) is 8.42 Å². The number of rotatable bonds is 7. The highest BCUT2D eigenvalue weighted by atomic mass is 32.2. The molecule has 0 saturated heterocycles. The Labute approximate surface area is 183 Å². The van der Waals surface area contributed by atoms with Crippen LogP contribution in [-0.2, 0) is 22.9 Å². The maximum atomic E-state index is 11.8. The van der Waals surface area contributed by atoms with Gasteiger partial charge in [-0.3, -0.25) is 4.99 Å². The maximum Gasteiger partial charge on any atom is 0.191 e. The fourth-order valence-corrected chi connectivity index (χ4v) is 4.09. The summed E-state index contributed by atoms with van der Waals surface area (Å²) in [5.41, 5.74) is 2.81. The number of nitrogens with one attached hydrogen (secondary N) is 2. The van der Waals surface area contributed by atoms with Gasteiger partial charge in [0.25, 0.3) is 0 Å². The molecule has 0 saturated carbocycles. The third kappa shape index (κ3) is 6.58. The lowest BCUT2D eigenvalue weighted by Crippen LogP contribution is -2.36. The van der Waals surface area contributed by atoms with Crippen LogP contribution < -0.4 is 15.4 Å². The zero-order valence-electron chi connectivity index (χ0n) is 17.9. The Morgan fingerprint density at radius 1 is 0.871 bits per heavy atom. The largest absolute Gasteiger partial charge is 0.457 e. The van der Waals surface area contributed by atoms with Gasteiger partial charge in [0.05, 0.1) is 4.90 Å². The number of para-hydroxylation sites is 1. The molecule has 0 aromatic heterocycles. The van der Waals surface area contributed by atoms with Crippen LogP contribution in [0.15, 0.2) is 82.7 Å². The molecule has 0 amide bonds. The van der Waals surface area contributed by atoms with Gasteiger partial charge in [0.1, 0.15) is 11.5 Å². The summed E-state index contributed by atoms with van der Waals surface area (Å²) in [6, 6.07) is 22.9. The number of aryl methyl sites for hydroxylation is 1. The van der Waals surface area contributed by atoms with E-state index in [4.69, 9.17) is 4.74 Å². The predicted octanol–water partition coefficient (Wildman–Crippen LogP) is 4.06. The number of ether oxygens (including phenoxy) is 1. The molecular weight excluding hydrogens is 410 g/mol. The topological polar surface area (TPSA) is 79.8 Å². The van der Waals surface area contributed by atoms with Gasteiger partial charge in [-0.15, -0.1) is 0 Å². The van der Waals surface area contributed by atoms with Gasteiger partial charge >= 0.3 is 0 Å². The Morgan fingerprint density at radius 2 is 1.45 bits per heavy atom. The standard InChI is InChI=1S/C24H27N3O3S/c1-18-15-20(11-14-23(18)31(3,28)29)17-27-24(25-2)26-16-19-9-12-22(13-10-19)30-21-7-5-4-6-8-21/h4-15H,16-17H2,1-3H3,(H2,25,26,27). The van der Waals surface area contributed by atoms with Gasteiger partial charge in [-0.1, -0.05) is 42.5 Å². The third-order valence-electron chi connectivity index (χ3n) is 4.68. The third-order valence-corrected chi connectivity index (χ3v) is 5.94. The van der Waals surface area contributed by atoms with E-state index in [2.05, 4.69) is 15.6 Å². The summed E-state index contributed by atoms with van der Waals surface area (Å²) < 4.78 is 29.3. The number of aliphatic imine (C=N–C) groups is 1. The molecule has 3 aromatic rings. The van der Waals surface area contributed by atoms with Crippen molar-refractivity contribution in [3.63, 3.8) is 0 Å². The molecule has 2 N–H and O–H groups in total. The lowest BCUT2D eigenvalue weighted by molar-refractivity contribution is 0.482. The second-order valence-corrected chi connectivity index (χ2v) is 9.19. The number of nitrogens with zero attached hydrogens (tertiary/aromatic N) is 1. The molecule has 3 aromatic carbocycles. The van der Waals surface area contributed by atoms with Gasteiger partial charge in [-0.05, 0) is 53.9 Å². The van der Waals surface area contributed by atoms with Gasteiger partial charge in [0, 0.05) is 26.4 Å². The first-order valence-corrected chi connectivity index (χ1v) is 11.8. The maximum absolute atomic E-state index is 11.8. The molecule has 0 bridgehead atoms. The lowest BCUT2D eigenvalue weighted by atomic mass is 10.1. The Kier molecular flexibility index (Phi) is 7.31. The molecule has 0 unspecified atom stereocenters. The molecule has 0 aliphatic rings. The van der Waals surface area contributed by atoms with Gasteiger partial charge < -0.3 is 15.4 Å². The highest BCUT2D eigenvalue weighted by Gasteiger charge is 2.11. The SMILES string of the molecule is CN=C(NCc1ccc(Oc2ccccc2)cc1)NCc1ccc(S(C)(=O)=O)c(C)c1. The summed E-state index contributed by atoms with van der Waals surface area (Å²) >= 11 is 0. The highest BCUT2D eigenvalue weighted by Crippen LogP contribution is 2.21. The van der Waals surface area contributed by atoms with Crippen LogP contribution >= 0.6 is 0 Å². The number of hydrogen-bond acceptors (Lipinski definition) is 4. The van der Waals surface area contributed by atoms with E-state index >= 15 is 0 Å². The number of hydrogen-bond donors (Lipinski definition) is 2. The van der Waals surface area contributed by atoms with Crippen molar-refractivity contribution < 1.29 is 13.2 Å². The Balaban J connectivity index is 1.52. The molecule has 6 nitrogen and oxygen atoms in total. The zero-order chi connectivity index (χ0) is 22.3. The summed E-state index contributed by atoms with van der Waals surface area (Å²) in [4.78, 5) is 4.60. The Hall–Kier alpha value is -3.32. The van der Waals surface area contributed by atoms with E-state index in [1.165, 1.54) is 6.26 Å². The van der Waals surface area contributed by atoms with Crippen LogP contribution in [-0.4, -0.2) is 27.7 Å². The van der Waals surface area contributed by atoms with E-state index < -0.39 is 9.84 Å². The minimum absolute atomic E-state index is 0.360. The fraction of sp³-hybridized carbons (Fsp3) is 0.208. The number of guanidine groups is 1. The van der Waals surface area contributed by atoms with E-state index in [9.17, 15) is 8.42 Å². The van der Waals surface area contributed by atoms with E-state index in [-0.39, 0.29) is 0 Å². The smallest absolute Gasteiger partial charge is 0.191 e. The lowest BCUT2D eigenvalue weighted by Gasteiger charge is -2.13. The van der Waals surface area contributed by atoms with Crippen LogP contribution in [0, 0.1) is 6.92 Å². The van der Waals surface area contributed by atoms with Crippen molar-refractivity contribution in [2.45, 2.75) is 24.9 Å². The van der Waals surface area contributed by atoms with Crippen LogP contribution in [0.25, 0.3) is 0 Å². The first kappa shape index (κ1) is 22.4. The molecule has 0 atom stereocenters. The molecule has 162 valence electrons. The van der Waals surface area contributed by atoms with Crippen molar-refractivity contribution >= 4 is 15.8 Å². The molecule has 0 radical (unpaired) electrons.